The third kappa shape index (κ3) is 3.16. The van der Waals surface area contributed by atoms with Crippen LogP contribution < -0.4 is 5.32 Å². The van der Waals surface area contributed by atoms with Crippen molar-refractivity contribution in [2.24, 2.45) is 0 Å². The van der Waals surface area contributed by atoms with E-state index in [0.29, 0.717) is 5.02 Å². The molecular weight excluding hydrogens is 318 g/mol. The second-order valence-corrected chi connectivity index (χ2v) is 5.92. The minimum absolute atomic E-state index is 0.0967. The molecule has 110 valence electrons. The maximum atomic E-state index is 11.1. The van der Waals surface area contributed by atoms with Gasteiger partial charge in [0.15, 0.2) is 0 Å². The summed E-state index contributed by atoms with van der Waals surface area (Å²) in [6.45, 7) is 1.49. The average molecular weight is 330 g/mol. The van der Waals surface area contributed by atoms with Gasteiger partial charge in [-0.15, -0.1) is 11.3 Å². The molecule has 0 saturated carbocycles. The molecule has 1 N–H and O–H groups in total. The lowest BCUT2D eigenvalue weighted by molar-refractivity contribution is -0.114. The van der Waals surface area contributed by atoms with Crippen LogP contribution in [-0.4, -0.2) is 15.9 Å². The van der Waals surface area contributed by atoms with E-state index in [2.05, 4.69) is 15.3 Å². The van der Waals surface area contributed by atoms with E-state index in [1.165, 1.54) is 18.3 Å². The number of hydrogen-bond acceptors (Lipinski definition) is 4. The van der Waals surface area contributed by atoms with E-state index in [-0.39, 0.29) is 5.91 Å². The van der Waals surface area contributed by atoms with Gasteiger partial charge in [0.2, 0.25) is 5.91 Å². The second kappa shape index (κ2) is 6.25. The topological polar surface area (TPSA) is 54.9 Å². The molecular formula is C16H12ClN3OS. The molecule has 0 aliphatic heterocycles. The predicted molar refractivity (Wildman–Crippen MR) is 90.1 cm³/mol. The molecule has 1 amide bonds. The molecule has 22 heavy (non-hydrogen) atoms. The Hall–Kier alpha value is -2.24. The fraction of sp³-hybridized carbons (Fsp3) is 0.0625. The number of nitrogens with one attached hydrogen (secondary N) is 1. The molecule has 0 unspecified atom stereocenters. The van der Waals surface area contributed by atoms with Crippen LogP contribution in [0.15, 0.2) is 48.1 Å². The quantitative estimate of drug-likeness (QED) is 0.770. The molecule has 0 atom stereocenters. The fourth-order valence-electron chi connectivity index (χ4n) is 2.05. The molecule has 0 radical (unpaired) electrons. The number of carbonyl (C=O) groups is 1. The fourth-order valence-corrected chi connectivity index (χ4v) is 3.08. The van der Waals surface area contributed by atoms with Crippen molar-refractivity contribution < 1.29 is 4.79 Å². The summed E-state index contributed by atoms with van der Waals surface area (Å²) in [5.41, 5.74) is 3.38. The van der Waals surface area contributed by atoms with Gasteiger partial charge < -0.3 is 5.32 Å². The van der Waals surface area contributed by atoms with Crippen molar-refractivity contribution in [1.82, 2.24) is 9.97 Å². The Balaban J connectivity index is 1.94. The first-order chi connectivity index (χ1) is 10.6. The summed E-state index contributed by atoms with van der Waals surface area (Å²) in [5, 5.41) is 6.18. The van der Waals surface area contributed by atoms with Crippen molar-refractivity contribution >= 4 is 34.5 Å². The van der Waals surface area contributed by atoms with Crippen LogP contribution in [0.3, 0.4) is 0 Å². The third-order valence-corrected chi connectivity index (χ3v) is 4.18. The van der Waals surface area contributed by atoms with Gasteiger partial charge >= 0.3 is 0 Å². The molecule has 3 aromatic rings. The zero-order valence-electron chi connectivity index (χ0n) is 11.7. The molecule has 0 spiro atoms. The SMILES string of the molecule is CC(=O)Nc1cccc(-c2nc(-c3ccncc3Cl)cs2)c1. The number of amides is 1. The zero-order chi connectivity index (χ0) is 15.5. The van der Waals surface area contributed by atoms with Crippen LogP contribution in [0.25, 0.3) is 21.8 Å². The van der Waals surface area contributed by atoms with Crippen LogP contribution in [0.1, 0.15) is 6.92 Å². The number of rotatable bonds is 3. The Morgan fingerprint density at radius 3 is 2.95 bits per heavy atom. The van der Waals surface area contributed by atoms with E-state index in [0.717, 1.165) is 27.5 Å². The third-order valence-electron chi connectivity index (χ3n) is 2.98. The van der Waals surface area contributed by atoms with Crippen LogP contribution in [-0.2, 0) is 4.79 Å². The number of halogens is 1. The summed E-state index contributed by atoms with van der Waals surface area (Å²) in [7, 11) is 0. The molecule has 1 aromatic carbocycles. The number of thiazole rings is 1. The van der Waals surface area contributed by atoms with Crippen molar-refractivity contribution in [2.45, 2.75) is 6.92 Å². The first-order valence-corrected chi connectivity index (χ1v) is 7.82. The summed E-state index contributed by atoms with van der Waals surface area (Å²) in [6.07, 6.45) is 3.30. The first kappa shape index (κ1) is 14.7. The summed E-state index contributed by atoms with van der Waals surface area (Å²) < 4.78 is 0. The zero-order valence-corrected chi connectivity index (χ0v) is 13.3. The monoisotopic (exact) mass is 329 g/mol. The van der Waals surface area contributed by atoms with E-state index < -0.39 is 0 Å². The number of benzene rings is 1. The number of pyridine rings is 1. The lowest BCUT2D eigenvalue weighted by Gasteiger charge is -2.03. The molecule has 3 rings (SSSR count). The van der Waals surface area contributed by atoms with Gasteiger partial charge in [-0.25, -0.2) is 4.98 Å². The van der Waals surface area contributed by atoms with Crippen molar-refractivity contribution in [3.8, 4) is 21.8 Å². The lowest BCUT2D eigenvalue weighted by Crippen LogP contribution is -2.05. The van der Waals surface area contributed by atoms with Gasteiger partial charge in [-0.05, 0) is 18.2 Å². The van der Waals surface area contributed by atoms with E-state index >= 15 is 0 Å². The van der Waals surface area contributed by atoms with E-state index in [4.69, 9.17) is 11.6 Å². The Labute approximate surface area is 136 Å². The maximum absolute atomic E-state index is 11.1. The highest BCUT2D eigenvalue weighted by molar-refractivity contribution is 7.13. The number of hydrogen-bond donors (Lipinski definition) is 1. The molecule has 0 bridgehead atoms. The summed E-state index contributed by atoms with van der Waals surface area (Å²) in [6, 6.07) is 9.44. The average Bonchev–Trinajstić information content (AvgIpc) is 2.97. The molecule has 4 nitrogen and oxygen atoms in total. The second-order valence-electron chi connectivity index (χ2n) is 4.66. The van der Waals surface area contributed by atoms with Crippen molar-refractivity contribution in [2.75, 3.05) is 5.32 Å². The Bertz CT molecular complexity index is 832. The van der Waals surface area contributed by atoms with Crippen molar-refractivity contribution in [3.63, 3.8) is 0 Å². The van der Waals surface area contributed by atoms with E-state index in [1.54, 1.807) is 12.4 Å². The minimum Gasteiger partial charge on any atom is -0.326 e. The molecule has 6 heteroatoms. The molecule has 2 heterocycles. The van der Waals surface area contributed by atoms with Crippen molar-refractivity contribution in [1.29, 1.82) is 0 Å². The molecule has 0 aliphatic rings. The highest BCUT2D eigenvalue weighted by atomic mass is 35.5. The van der Waals surface area contributed by atoms with Gasteiger partial charge in [-0.1, -0.05) is 23.7 Å². The lowest BCUT2D eigenvalue weighted by atomic mass is 10.2. The smallest absolute Gasteiger partial charge is 0.221 e. The minimum atomic E-state index is -0.0967. The van der Waals surface area contributed by atoms with Gasteiger partial charge in [-0.2, -0.15) is 0 Å². The number of anilines is 1. The summed E-state index contributed by atoms with van der Waals surface area (Å²) in [5.74, 6) is -0.0967. The van der Waals surface area contributed by atoms with Crippen LogP contribution in [0.5, 0.6) is 0 Å². The van der Waals surface area contributed by atoms with Gasteiger partial charge in [-0.3, -0.25) is 9.78 Å². The van der Waals surface area contributed by atoms with Gasteiger partial charge in [0, 0.05) is 41.5 Å². The first-order valence-electron chi connectivity index (χ1n) is 6.57. The number of nitrogens with zero attached hydrogens (tertiary/aromatic N) is 2. The van der Waals surface area contributed by atoms with E-state index in [1.807, 2.05) is 35.7 Å². The van der Waals surface area contributed by atoms with Crippen LogP contribution >= 0.6 is 22.9 Å². The highest BCUT2D eigenvalue weighted by Crippen LogP contribution is 2.32. The Morgan fingerprint density at radius 2 is 2.18 bits per heavy atom. The van der Waals surface area contributed by atoms with Gasteiger partial charge in [0.25, 0.3) is 0 Å². The van der Waals surface area contributed by atoms with E-state index in [9.17, 15) is 4.79 Å². The molecule has 0 saturated heterocycles. The van der Waals surface area contributed by atoms with Crippen LogP contribution in [0, 0.1) is 0 Å². The van der Waals surface area contributed by atoms with Gasteiger partial charge in [0.1, 0.15) is 5.01 Å². The summed E-state index contributed by atoms with van der Waals surface area (Å²) >= 11 is 7.68. The normalized spacial score (nSPS) is 10.5. The summed E-state index contributed by atoms with van der Waals surface area (Å²) in [4.78, 5) is 19.7. The Kier molecular flexibility index (Phi) is 4.18. The van der Waals surface area contributed by atoms with Crippen LogP contribution in [0.4, 0.5) is 5.69 Å². The molecule has 0 aliphatic carbocycles. The Morgan fingerprint density at radius 1 is 1.32 bits per heavy atom. The van der Waals surface area contributed by atoms with Crippen LogP contribution in [0.2, 0.25) is 5.02 Å². The molecule has 0 fully saturated rings. The predicted octanol–water partition coefficient (Wildman–Crippen LogP) is 4.48. The van der Waals surface area contributed by atoms with Crippen molar-refractivity contribution in [3.05, 3.63) is 53.1 Å². The number of carbonyl (C=O) groups excluding carboxylic acids is 1. The molecule has 2 aromatic heterocycles. The standard InChI is InChI=1S/C16H12ClN3OS/c1-10(21)19-12-4-2-3-11(7-12)16-20-15(9-22-16)13-5-6-18-8-14(13)17/h2-9H,1H3,(H,19,21). The highest BCUT2D eigenvalue weighted by Gasteiger charge is 2.10. The van der Waals surface area contributed by atoms with Gasteiger partial charge in [0.05, 0.1) is 10.7 Å². The maximum Gasteiger partial charge on any atom is 0.221 e. The number of aromatic nitrogens is 2. The largest absolute Gasteiger partial charge is 0.326 e.